The van der Waals surface area contributed by atoms with Crippen LogP contribution in [0.25, 0.3) is 11.5 Å². The van der Waals surface area contributed by atoms with Gasteiger partial charge in [-0.1, -0.05) is 11.2 Å². The van der Waals surface area contributed by atoms with E-state index in [1.54, 1.807) is 13.1 Å². The molecule has 2 heterocycles. The van der Waals surface area contributed by atoms with E-state index in [1.807, 2.05) is 32.0 Å². The summed E-state index contributed by atoms with van der Waals surface area (Å²) in [6, 6.07) is 5.63. The summed E-state index contributed by atoms with van der Waals surface area (Å²) >= 11 is 0. The Morgan fingerprint density at radius 1 is 1.26 bits per heavy atom. The molecule has 118 valence electrons. The first kappa shape index (κ1) is 15.0. The molecular weight excluding hydrogens is 294 g/mol. The molecule has 1 amide bonds. The highest BCUT2D eigenvalue weighted by Gasteiger charge is 2.14. The van der Waals surface area contributed by atoms with Gasteiger partial charge >= 0.3 is 0 Å². The van der Waals surface area contributed by atoms with Gasteiger partial charge in [-0.05, 0) is 38.5 Å². The van der Waals surface area contributed by atoms with Crippen LogP contribution < -0.4 is 5.32 Å². The fourth-order valence-corrected chi connectivity index (χ4v) is 2.41. The molecule has 23 heavy (non-hydrogen) atoms. The van der Waals surface area contributed by atoms with E-state index in [9.17, 15) is 4.79 Å². The summed E-state index contributed by atoms with van der Waals surface area (Å²) in [7, 11) is 0. The summed E-state index contributed by atoms with van der Waals surface area (Å²) in [5, 5.41) is 6.75. The lowest BCUT2D eigenvalue weighted by Crippen LogP contribution is -2.15. The molecule has 0 bridgehead atoms. The van der Waals surface area contributed by atoms with Crippen LogP contribution in [0.2, 0.25) is 0 Å². The number of benzene rings is 1. The van der Waals surface area contributed by atoms with Gasteiger partial charge in [-0.25, -0.2) is 4.98 Å². The number of carbonyl (C=O) groups excluding carboxylic acids is 1. The third-order valence-corrected chi connectivity index (χ3v) is 3.70. The fourth-order valence-electron chi connectivity index (χ4n) is 2.41. The lowest BCUT2D eigenvalue weighted by atomic mass is 10.1. The first-order valence-electron chi connectivity index (χ1n) is 7.26. The monoisotopic (exact) mass is 311 g/mol. The lowest BCUT2D eigenvalue weighted by Gasteiger charge is -2.08. The third kappa shape index (κ3) is 3.15. The smallest absolute Gasteiger partial charge is 0.228 e. The van der Waals surface area contributed by atoms with Crippen molar-refractivity contribution in [3.8, 4) is 11.5 Å². The van der Waals surface area contributed by atoms with Crippen molar-refractivity contribution in [1.82, 2.24) is 10.1 Å². The van der Waals surface area contributed by atoms with Gasteiger partial charge in [-0.3, -0.25) is 4.79 Å². The molecule has 1 N–H and O–H groups in total. The SMILES string of the molecule is Cc1ccc(NC(=O)Cc2c(C)noc2C)cc1-c1ncco1. The minimum atomic E-state index is -0.124. The molecule has 3 aromatic rings. The van der Waals surface area contributed by atoms with Gasteiger partial charge in [0.2, 0.25) is 11.8 Å². The summed E-state index contributed by atoms with van der Waals surface area (Å²) in [4.78, 5) is 16.4. The van der Waals surface area contributed by atoms with E-state index < -0.39 is 0 Å². The molecule has 3 rings (SSSR count). The maximum Gasteiger partial charge on any atom is 0.228 e. The van der Waals surface area contributed by atoms with E-state index in [0.717, 1.165) is 22.4 Å². The molecule has 0 aliphatic carbocycles. The quantitative estimate of drug-likeness (QED) is 0.798. The zero-order valence-electron chi connectivity index (χ0n) is 13.2. The predicted octanol–water partition coefficient (Wildman–Crippen LogP) is 3.44. The summed E-state index contributed by atoms with van der Waals surface area (Å²) in [5.74, 6) is 1.08. The molecule has 0 unspecified atom stereocenters. The molecule has 0 fully saturated rings. The van der Waals surface area contributed by atoms with E-state index in [1.165, 1.54) is 6.26 Å². The highest BCUT2D eigenvalue weighted by atomic mass is 16.5. The van der Waals surface area contributed by atoms with Gasteiger partial charge in [-0.15, -0.1) is 0 Å². The number of hydrogen-bond donors (Lipinski definition) is 1. The van der Waals surface area contributed by atoms with Crippen LogP contribution >= 0.6 is 0 Å². The first-order valence-corrected chi connectivity index (χ1v) is 7.26. The van der Waals surface area contributed by atoms with Crippen molar-refractivity contribution in [2.45, 2.75) is 27.2 Å². The van der Waals surface area contributed by atoms with Crippen molar-refractivity contribution in [3.63, 3.8) is 0 Å². The standard InChI is InChI=1S/C17H17N3O3/c1-10-4-5-13(8-14(10)17-18-6-7-22-17)19-16(21)9-15-11(2)20-23-12(15)3/h4-8H,9H2,1-3H3,(H,19,21). The number of amides is 1. The highest BCUT2D eigenvalue weighted by molar-refractivity contribution is 5.93. The summed E-state index contributed by atoms with van der Waals surface area (Å²) in [5.41, 5.74) is 4.13. The van der Waals surface area contributed by atoms with E-state index in [-0.39, 0.29) is 12.3 Å². The molecule has 0 atom stereocenters. The number of anilines is 1. The predicted molar refractivity (Wildman–Crippen MR) is 85.0 cm³/mol. The van der Waals surface area contributed by atoms with Crippen molar-refractivity contribution in [2.75, 3.05) is 5.32 Å². The molecule has 0 saturated carbocycles. The van der Waals surface area contributed by atoms with Crippen LogP contribution in [0.15, 0.2) is 39.6 Å². The topological polar surface area (TPSA) is 81.2 Å². The molecule has 0 aliphatic rings. The van der Waals surface area contributed by atoms with E-state index in [4.69, 9.17) is 8.94 Å². The molecule has 0 aliphatic heterocycles. The average molecular weight is 311 g/mol. The van der Waals surface area contributed by atoms with Crippen molar-refractivity contribution in [2.24, 2.45) is 0 Å². The molecule has 2 aromatic heterocycles. The van der Waals surface area contributed by atoms with Gasteiger partial charge in [0.05, 0.1) is 18.3 Å². The number of aromatic nitrogens is 2. The van der Waals surface area contributed by atoms with Gasteiger partial charge in [0, 0.05) is 16.8 Å². The molecule has 1 aromatic carbocycles. The lowest BCUT2D eigenvalue weighted by molar-refractivity contribution is -0.115. The van der Waals surface area contributed by atoms with Crippen LogP contribution in [0.1, 0.15) is 22.6 Å². The molecule has 0 spiro atoms. The maximum atomic E-state index is 12.2. The van der Waals surface area contributed by atoms with Crippen LogP contribution in [0.4, 0.5) is 5.69 Å². The number of rotatable bonds is 4. The van der Waals surface area contributed by atoms with Gasteiger partial charge in [0.15, 0.2) is 0 Å². The van der Waals surface area contributed by atoms with Gasteiger partial charge in [-0.2, -0.15) is 0 Å². The summed E-state index contributed by atoms with van der Waals surface area (Å²) in [6.07, 6.45) is 3.35. The molecule has 6 nitrogen and oxygen atoms in total. The normalized spacial score (nSPS) is 10.7. The van der Waals surface area contributed by atoms with Crippen LogP contribution in [-0.4, -0.2) is 16.0 Å². The number of oxazole rings is 1. The Morgan fingerprint density at radius 2 is 2.09 bits per heavy atom. The van der Waals surface area contributed by atoms with Gasteiger partial charge in [0.1, 0.15) is 12.0 Å². The van der Waals surface area contributed by atoms with Crippen LogP contribution in [0, 0.1) is 20.8 Å². The number of carbonyl (C=O) groups is 1. The minimum Gasteiger partial charge on any atom is -0.445 e. The largest absolute Gasteiger partial charge is 0.445 e. The van der Waals surface area contributed by atoms with E-state index in [2.05, 4.69) is 15.5 Å². The van der Waals surface area contributed by atoms with Gasteiger partial charge in [0.25, 0.3) is 0 Å². The van der Waals surface area contributed by atoms with E-state index in [0.29, 0.717) is 17.3 Å². The zero-order valence-corrected chi connectivity index (χ0v) is 13.2. The second-order valence-corrected chi connectivity index (χ2v) is 5.39. The number of nitrogens with one attached hydrogen (secondary N) is 1. The number of hydrogen-bond acceptors (Lipinski definition) is 5. The summed E-state index contributed by atoms with van der Waals surface area (Å²) in [6.45, 7) is 5.59. The van der Waals surface area contributed by atoms with Crippen molar-refractivity contribution >= 4 is 11.6 Å². The first-order chi connectivity index (χ1) is 11.0. The second-order valence-electron chi connectivity index (χ2n) is 5.39. The highest BCUT2D eigenvalue weighted by Crippen LogP contribution is 2.25. The Morgan fingerprint density at radius 3 is 2.74 bits per heavy atom. The van der Waals surface area contributed by atoms with Crippen LogP contribution in [0.3, 0.4) is 0 Å². The Kier molecular flexibility index (Phi) is 3.97. The van der Waals surface area contributed by atoms with Gasteiger partial charge < -0.3 is 14.3 Å². The van der Waals surface area contributed by atoms with Crippen molar-refractivity contribution in [1.29, 1.82) is 0 Å². The molecule has 0 saturated heterocycles. The summed E-state index contributed by atoms with van der Waals surface area (Å²) < 4.78 is 10.4. The Balaban J connectivity index is 1.78. The zero-order chi connectivity index (χ0) is 16.4. The van der Waals surface area contributed by atoms with Crippen LogP contribution in [-0.2, 0) is 11.2 Å². The average Bonchev–Trinajstić information content (AvgIpc) is 3.15. The Labute approximate surface area is 133 Å². The third-order valence-electron chi connectivity index (χ3n) is 3.70. The Bertz CT molecular complexity index is 815. The maximum absolute atomic E-state index is 12.2. The number of nitrogens with zero attached hydrogens (tertiary/aromatic N) is 2. The minimum absolute atomic E-state index is 0.124. The van der Waals surface area contributed by atoms with Crippen molar-refractivity contribution in [3.05, 3.63) is 53.2 Å². The fraction of sp³-hybridized carbons (Fsp3) is 0.235. The van der Waals surface area contributed by atoms with Crippen molar-refractivity contribution < 1.29 is 13.7 Å². The Hall–Kier alpha value is -2.89. The molecular formula is C17H17N3O3. The molecule has 0 radical (unpaired) electrons. The van der Waals surface area contributed by atoms with E-state index >= 15 is 0 Å². The number of aryl methyl sites for hydroxylation is 3. The second kappa shape index (κ2) is 6.08. The van der Waals surface area contributed by atoms with Crippen LogP contribution in [0.5, 0.6) is 0 Å². The molecule has 6 heteroatoms.